The number of aliphatic hydroxyl groups excluding tert-OH is 1. The van der Waals surface area contributed by atoms with Crippen LogP contribution in [0, 0.1) is 0 Å². The van der Waals surface area contributed by atoms with Gasteiger partial charge in [-0.3, -0.25) is 0 Å². The van der Waals surface area contributed by atoms with Gasteiger partial charge in [-0.25, -0.2) is 0 Å². The third-order valence-corrected chi connectivity index (χ3v) is 1.68. The number of halogens is 1. The minimum Gasteiger partial charge on any atom is -0.462 e. The second-order valence-corrected chi connectivity index (χ2v) is 2.65. The molecule has 0 radical (unpaired) electrons. The molecule has 5 heteroatoms. The fourth-order valence-electron chi connectivity index (χ4n) is 1.00. The zero-order valence-corrected chi connectivity index (χ0v) is 8.09. The lowest BCUT2D eigenvalue weighted by atomic mass is 10.2. The Balaban J connectivity index is 0.00000144. The maximum atomic E-state index is 8.70. The lowest BCUT2D eigenvalue weighted by Gasteiger charge is -2.05. The van der Waals surface area contributed by atoms with Crippen LogP contribution in [0.5, 0.6) is 0 Å². The summed E-state index contributed by atoms with van der Waals surface area (Å²) in [7, 11) is 0. The molecule has 0 unspecified atom stereocenters. The van der Waals surface area contributed by atoms with E-state index in [1.54, 1.807) is 12.1 Å². The molecule has 0 spiro atoms. The zero-order valence-electron chi connectivity index (χ0n) is 7.27. The van der Waals surface area contributed by atoms with Gasteiger partial charge in [0.1, 0.15) is 18.1 Å². The van der Waals surface area contributed by atoms with Crippen molar-refractivity contribution in [2.75, 3.05) is 6.54 Å². The minimum absolute atomic E-state index is 0. The van der Waals surface area contributed by atoms with Gasteiger partial charge in [-0.15, -0.1) is 12.4 Å². The molecule has 0 aliphatic rings. The number of nitrogens with two attached hydrogens (primary N) is 2. The Hall–Kier alpha value is -0.550. The SMILES string of the molecule is Cl.NCC[C@@H](N)c1ccc(CO)o1. The highest BCUT2D eigenvalue weighted by Gasteiger charge is 2.09. The number of rotatable bonds is 4. The highest BCUT2D eigenvalue weighted by atomic mass is 35.5. The van der Waals surface area contributed by atoms with Crippen molar-refractivity contribution in [3.63, 3.8) is 0 Å². The summed E-state index contributed by atoms with van der Waals surface area (Å²) < 4.78 is 5.22. The van der Waals surface area contributed by atoms with Gasteiger partial charge in [0.25, 0.3) is 0 Å². The van der Waals surface area contributed by atoms with E-state index in [0.29, 0.717) is 24.5 Å². The number of furan rings is 1. The van der Waals surface area contributed by atoms with Crippen molar-refractivity contribution in [2.45, 2.75) is 19.1 Å². The van der Waals surface area contributed by atoms with Gasteiger partial charge in [0, 0.05) is 0 Å². The fourth-order valence-corrected chi connectivity index (χ4v) is 1.00. The lowest BCUT2D eigenvalue weighted by molar-refractivity contribution is 0.241. The van der Waals surface area contributed by atoms with Gasteiger partial charge in [-0.2, -0.15) is 0 Å². The average molecular weight is 207 g/mol. The van der Waals surface area contributed by atoms with Gasteiger partial charge in [0.15, 0.2) is 0 Å². The van der Waals surface area contributed by atoms with Crippen LogP contribution in [-0.2, 0) is 6.61 Å². The molecule has 1 aromatic rings. The molecule has 13 heavy (non-hydrogen) atoms. The molecular weight excluding hydrogens is 192 g/mol. The molecule has 5 N–H and O–H groups in total. The van der Waals surface area contributed by atoms with Crippen LogP contribution in [-0.4, -0.2) is 11.7 Å². The highest BCUT2D eigenvalue weighted by Crippen LogP contribution is 2.16. The number of aliphatic hydroxyl groups is 1. The van der Waals surface area contributed by atoms with Crippen LogP contribution in [0.25, 0.3) is 0 Å². The average Bonchev–Trinajstić information content (AvgIpc) is 2.52. The molecule has 0 aliphatic carbocycles. The maximum absolute atomic E-state index is 8.70. The monoisotopic (exact) mass is 206 g/mol. The topological polar surface area (TPSA) is 85.4 Å². The number of hydrogen-bond donors (Lipinski definition) is 3. The first-order valence-electron chi connectivity index (χ1n) is 3.93. The summed E-state index contributed by atoms with van der Waals surface area (Å²) in [5, 5.41) is 8.70. The van der Waals surface area contributed by atoms with Crippen LogP contribution in [0.15, 0.2) is 16.5 Å². The molecule has 0 saturated carbocycles. The van der Waals surface area contributed by atoms with E-state index in [0.717, 1.165) is 0 Å². The summed E-state index contributed by atoms with van der Waals surface area (Å²) in [6.45, 7) is 0.450. The van der Waals surface area contributed by atoms with E-state index in [2.05, 4.69) is 0 Å². The summed E-state index contributed by atoms with van der Waals surface area (Å²) in [5.74, 6) is 1.22. The van der Waals surface area contributed by atoms with E-state index < -0.39 is 0 Å². The normalized spacial score (nSPS) is 12.2. The summed E-state index contributed by atoms with van der Waals surface area (Å²) in [6.07, 6.45) is 0.693. The van der Waals surface area contributed by atoms with Gasteiger partial charge in [0.2, 0.25) is 0 Å². The van der Waals surface area contributed by atoms with Crippen LogP contribution in [0.2, 0.25) is 0 Å². The van der Waals surface area contributed by atoms with Gasteiger partial charge in [-0.05, 0) is 25.1 Å². The molecule has 1 heterocycles. The molecule has 1 rings (SSSR count). The van der Waals surface area contributed by atoms with Gasteiger partial charge >= 0.3 is 0 Å². The minimum atomic E-state index is -0.157. The first kappa shape index (κ1) is 12.4. The molecular formula is C8H15ClN2O2. The Kier molecular flexibility index (Phi) is 5.73. The van der Waals surface area contributed by atoms with Crippen molar-refractivity contribution < 1.29 is 9.52 Å². The van der Waals surface area contributed by atoms with Crippen LogP contribution >= 0.6 is 12.4 Å². The van der Waals surface area contributed by atoms with Crippen molar-refractivity contribution in [3.8, 4) is 0 Å². The predicted octanol–water partition coefficient (Wildman–Crippen LogP) is 0.542. The van der Waals surface area contributed by atoms with Crippen LogP contribution in [0.3, 0.4) is 0 Å². The Labute approximate surface area is 83.3 Å². The Bertz CT molecular complexity index is 240. The molecule has 0 fully saturated rings. The summed E-state index contributed by atoms with van der Waals surface area (Å²) in [4.78, 5) is 0. The molecule has 76 valence electrons. The fraction of sp³-hybridized carbons (Fsp3) is 0.500. The molecule has 0 aromatic carbocycles. The molecule has 0 saturated heterocycles. The largest absolute Gasteiger partial charge is 0.462 e. The van der Waals surface area contributed by atoms with Crippen LogP contribution in [0.1, 0.15) is 24.0 Å². The maximum Gasteiger partial charge on any atom is 0.129 e. The first-order chi connectivity index (χ1) is 5.77. The van der Waals surface area contributed by atoms with E-state index in [9.17, 15) is 0 Å². The van der Waals surface area contributed by atoms with Gasteiger partial charge in [-0.1, -0.05) is 0 Å². The van der Waals surface area contributed by atoms with E-state index in [-0.39, 0.29) is 25.1 Å². The third kappa shape index (κ3) is 3.36. The predicted molar refractivity (Wildman–Crippen MR) is 52.5 cm³/mol. The lowest BCUT2D eigenvalue weighted by Crippen LogP contribution is -2.14. The Morgan fingerprint density at radius 1 is 1.46 bits per heavy atom. The van der Waals surface area contributed by atoms with Crippen molar-refractivity contribution >= 4 is 12.4 Å². The molecule has 1 atom stereocenters. The van der Waals surface area contributed by atoms with Gasteiger partial charge in [0.05, 0.1) is 6.04 Å². The van der Waals surface area contributed by atoms with E-state index in [4.69, 9.17) is 21.0 Å². The van der Waals surface area contributed by atoms with Crippen molar-refractivity contribution in [1.82, 2.24) is 0 Å². The molecule has 0 bridgehead atoms. The van der Waals surface area contributed by atoms with E-state index in [1.165, 1.54) is 0 Å². The third-order valence-electron chi connectivity index (χ3n) is 1.68. The first-order valence-corrected chi connectivity index (χ1v) is 3.93. The highest BCUT2D eigenvalue weighted by molar-refractivity contribution is 5.85. The molecule has 4 nitrogen and oxygen atoms in total. The Morgan fingerprint density at radius 3 is 2.62 bits per heavy atom. The summed E-state index contributed by atoms with van der Waals surface area (Å²) in [5.41, 5.74) is 11.1. The smallest absolute Gasteiger partial charge is 0.129 e. The zero-order chi connectivity index (χ0) is 8.97. The van der Waals surface area contributed by atoms with Crippen molar-refractivity contribution in [3.05, 3.63) is 23.7 Å². The van der Waals surface area contributed by atoms with E-state index in [1.807, 2.05) is 0 Å². The van der Waals surface area contributed by atoms with Crippen LogP contribution in [0.4, 0.5) is 0 Å². The van der Waals surface area contributed by atoms with E-state index >= 15 is 0 Å². The summed E-state index contributed by atoms with van der Waals surface area (Å²) in [6, 6.07) is 3.33. The van der Waals surface area contributed by atoms with Gasteiger partial charge < -0.3 is 21.0 Å². The quantitative estimate of drug-likeness (QED) is 0.672. The van der Waals surface area contributed by atoms with Crippen LogP contribution < -0.4 is 11.5 Å². The molecule has 1 aromatic heterocycles. The second-order valence-electron chi connectivity index (χ2n) is 2.65. The number of hydrogen-bond acceptors (Lipinski definition) is 4. The Morgan fingerprint density at radius 2 is 2.15 bits per heavy atom. The molecule has 0 amide bonds. The molecule has 0 aliphatic heterocycles. The summed E-state index contributed by atoms with van der Waals surface area (Å²) >= 11 is 0. The van der Waals surface area contributed by atoms with Crippen molar-refractivity contribution in [1.29, 1.82) is 0 Å². The standard InChI is InChI=1S/C8H14N2O2.ClH/c9-4-3-7(10)8-2-1-6(5-11)12-8;/h1-2,7,11H,3-5,9-10H2;1H/t7-;/m1./s1. The van der Waals surface area contributed by atoms with Crippen molar-refractivity contribution in [2.24, 2.45) is 11.5 Å². The second kappa shape index (κ2) is 5.99.